The second-order valence-corrected chi connectivity index (χ2v) is 3.73. The van der Waals surface area contributed by atoms with E-state index in [9.17, 15) is 4.79 Å². The molecule has 4 nitrogen and oxygen atoms in total. The second kappa shape index (κ2) is 4.23. The Morgan fingerprint density at radius 3 is 3.00 bits per heavy atom. The lowest BCUT2D eigenvalue weighted by atomic mass is 10.0. The molecular weight excluding hydrogens is 206 g/mol. The van der Waals surface area contributed by atoms with Crippen LogP contribution < -0.4 is 9.47 Å². The molecule has 0 amide bonds. The van der Waals surface area contributed by atoms with Crippen molar-refractivity contribution in [1.29, 1.82) is 5.26 Å². The zero-order valence-electron chi connectivity index (χ0n) is 8.90. The van der Waals surface area contributed by atoms with Crippen molar-refractivity contribution in [1.82, 2.24) is 0 Å². The number of hydrogen-bond acceptors (Lipinski definition) is 4. The Hall–Kier alpha value is -2.02. The van der Waals surface area contributed by atoms with E-state index in [1.807, 2.05) is 6.07 Å². The van der Waals surface area contributed by atoms with E-state index >= 15 is 0 Å². The van der Waals surface area contributed by atoms with Crippen LogP contribution in [0.3, 0.4) is 0 Å². The van der Waals surface area contributed by atoms with Crippen LogP contribution in [-0.2, 0) is 0 Å². The number of Topliss-reactive ketones (excluding diaryl/α,β-unsaturated/α-hetero) is 1. The van der Waals surface area contributed by atoms with Crippen molar-refractivity contribution >= 4 is 5.78 Å². The Labute approximate surface area is 93.4 Å². The summed E-state index contributed by atoms with van der Waals surface area (Å²) in [6.07, 6.45) is 0.232. The van der Waals surface area contributed by atoms with E-state index in [-0.39, 0.29) is 24.9 Å². The topological polar surface area (TPSA) is 59.3 Å². The molecule has 4 heteroatoms. The lowest BCUT2D eigenvalue weighted by Crippen LogP contribution is -2.04. The van der Waals surface area contributed by atoms with Crippen LogP contribution in [-0.4, -0.2) is 12.6 Å². The Bertz CT molecular complexity index is 462. The van der Waals surface area contributed by atoms with Crippen molar-refractivity contribution in [2.75, 3.05) is 6.79 Å². The normalized spacial score (nSPS) is 14.2. The Morgan fingerprint density at radius 2 is 2.25 bits per heavy atom. The average molecular weight is 217 g/mol. The van der Waals surface area contributed by atoms with Crippen LogP contribution in [0.25, 0.3) is 0 Å². The van der Waals surface area contributed by atoms with Crippen molar-refractivity contribution in [2.45, 2.75) is 13.3 Å². The summed E-state index contributed by atoms with van der Waals surface area (Å²) < 4.78 is 10.3. The van der Waals surface area contributed by atoms with Crippen LogP contribution in [0.2, 0.25) is 0 Å². The number of benzene rings is 1. The Morgan fingerprint density at radius 1 is 1.50 bits per heavy atom. The van der Waals surface area contributed by atoms with E-state index in [4.69, 9.17) is 14.7 Å². The monoisotopic (exact) mass is 217 g/mol. The fourth-order valence-corrected chi connectivity index (χ4v) is 1.51. The van der Waals surface area contributed by atoms with Crippen molar-refractivity contribution in [3.63, 3.8) is 0 Å². The molecule has 1 aliphatic rings. The van der Waals surface area contributed by atoms with E-state index in [2.05, 4.69) is 0 Å². The molecule has 0 aromatic heterocycles. The lowest BCUT2D eigenvalue weighted by Gasteiger charge is -2.03. The molecule has 0 aliphatic carbocycles. The molecule has 1 aromatic rings. The zero-order chi connectivity index (χ0) is 11.5. The molecule has 0 saturated carbocycles. The molecule has 0 radical (unpaired) electrons. The molecular formula is C12H11NO3. The first-order valence-corrected chi connectivity index (χ1v) is 5.03. The number of hydrogen-bond donors (Lipinski definition) is 0. The molecule has 1 aliphatic heterocycles. The highest BCUT2D eigenvalue weighted by Gasteiger charge is 2.17. The summed E-state index contributed by atoms with van der Waals surface area (Å²) in [4.78, 5) is 11.8. The predicted molar refractivity (Wildman–Crippen MR) is 56.3 cm³/mol. The van der Waals surface area contributed by atoms with Crippen molar-refractivity contribution < 1.29 is 14.3 Å². The first-order valence-electron chi connectivity index (χ1n) is 5.03. The highest BCUT2D eigenvalue weighted by atomic mass is 16.7. The van der Waals surface area contributed by atoms with Gasteiger partial charge in [-0.15, -0.1) is 0 Å². The molecule has 0 saturated heterocycles. The van der Waals surface area contributed by atoms with Gasteiger partial charge in [0.15, 0.2) is 17.3 Å². The number of fused-ring (bicyclic) bond motifs is 1. The van der Waals surface area contributed by atoms with Crippen molar-refractivity contribution in [3.8, 4) is 17.6 Å². The number of rotatable bonds is 3. The van der Waals surface area contributed by atoms with Gasteiger partial charge in [-0.25, -0.2) is 0 Å². The van der Waals surface area contributed by atoms with Crippen LogP contribution in [0.1, 0.15) is 23.7 Å². The maximum Gasteiger partial charge on any atom is 0.231 e. The van der Waals surface area contributed by atoms with Gasteiger partial charge in [-0.3, -0.25) is 4.79 Å². The molecule has 1 heterocycles. The van der Waals surface area contributed by atoms with Crippen LogP contribution >= 0.6 is 0 Å². The minimum atomic E-state index is -0.266. The number of nitrogens with zero attached hydrogens (tertiary/aromatic N) is 1. The van der Waals surface area contributed by atoms with Gasteiger partial charge >= 0.3 is 0 Å². The van der Waals surface area contributed by atoms with E-state index < -0.39 is 0 Å². The number of ether oxygens (including phenoxy) is 2. The highest BCUT2D eigenvalue weighted by molar-refractivity contribution is 5.97. The first kappa shape index (κ1) is 10.5. The van der Waals surface area contributed by atoms with Gasteiger partial charge in [0.05, 0.1) is 12.0 Å². The smallest absolute Gasteiger partial charge is 0.231 e. The molecule has 1 atom stereocenters. The average Bonchev–Trinajstić information content (AvgIpc) is 2.75. The lowest BCUT2D eigenvalue weighted by molar-refractivity contribution is 0.0972. The fourth-order valence-electron chi connectivity index (χ4n) is 1.51. The summed E-state index contributed by atoms with van der Waals surface area (Å²) in [5.41, 5.74) is 0.561. The van der Waals surface area contributed by atoms with Gasteiger partial charge in [-0.2, -0.15) is 5.26 Å². The number of ketones is 1. The first-order chi connectivity index (χ1) is 7.70. The van der Waals surface area contributed by atoms with E-state index in [0.29, 0.717) is 17.1 Å². The predicted octanol–water partition coefficient (Wildman–Crippen LogP) is 2.15. The molecule has 16 heavy (non-hydrogen) atoms. The third-order valence-electron chi connectivity index (χ3n) is 2.41. The van der Waals surface area contributed by atoms with Gasteiger partial charge < -0.3 is 9.47 Å². The van der Waals surface area contributed by atoms with Crippen molar-refractivity contribution in [2.24, 2.45) is 5.92 Å². The van der Waals surface area contributed by atoms with Gasteiger partial charge in [-0.05, 0) is 25.1 Å². The molecule has 2 rings (SSSR count). The summed E-state index contributed by atoms with van der Waals surface area (Å²) in [5, 5.41) is 8.64. The Kier molecular flexibility index (Phi) is 2.78. The number of carbonyl (C=O) groups is 1. The van der Waals surface area contributed by atoms with Crippen LogP contribution in [0.5, 0.6) is 11.5 Å². The number of nitriles is 1. The summed E-state index contributed by atoms with van der Waals surface area (Å²) in [5.74, 6) is 0.936. The molecule has 82 valence electrons. The molecule has 1 aromatic carbocycles. The van der Waals surface area contributed by atoms with E-state index in [1.54, 1.807) is 25.1 Å². The maximum atomic E-state index is 11.8. The van der Waals surface area contributed by atoms with Crippen LogP contribution in [0.15, 0.2) is 18.2 Å². The van der Waals surface area contributed by atoms with Crippen molar-refractivity contribution in [3.05, 3.63) is 23.8 Å². The number of carbonyl (C=O) groups excluding carboxylic acids is 1. The molecule has 0 fully saturated rings. The van der Waals surface area contributed by atoms with Crippen LogP contribution in [0, 0.1) is 17.2 Å². The second-order valence-electron chi connectivity index (χ2n) is 3.73. The fraction of sp³-hybridized carbons (Fsp3) is 0.333. The van der Waals surface area contributed by atoms with Gasteiger partial charge in [0, 0.05) is 12.0 Å². The summed E-state index contributed by atoms with van der Waals surface area (Å²) >= 11 is 0. The van der Waals surface area contributed by atoms with Gasteiger partial charge in [0.25, 0.3) is 0 Å². The molecule has 1 unspecified atom stereocenters. The zero-order valence-corrected chi connectivity index (χ0v) is 8.90. The Balaban J connectivity index is 2.16. The summed E-state index contributed by atoms with van der Waals surface area (Å²) in [6.45, 7) is 1.92. The molecule has 0 spiro atoms. The summed E-state index contributed by atoms with van der Waals surface area (Å²) in [6, 6.07) is 7.11. The maximum absolute atomic E-state index is 11.8. The molecule has 0 N–H and O–H groups in total. The standard InChI is InChI=1S/C12H11NO3/c1-8(6-13)4-10(14)9-2-3-11-12(5-9)16-7-15-11/h2-3,5,8H,4,7H2,1H3. The third-order valence-corrected chi connectivity index (χ3v) is 2.41. The largest absolute Gasteiger partial charge is 0.454 e. The third kappa shape index (κ3) is 1.98. The minimum absolute atomic E-state index is 0.0487. The minimum Gasteiger partial charge on any atom is -0.454 e. The van der Waals surface area contributed by atoms with Gasteiger partial charge in [0.1, 0.15) is 0 Å². The quantitative estimate of drug-likeness (QED) is 0.728. The summed E-state index contributed by atoms with van der Waals surface area (Å²) in [7, 11) is 0. The van der Waals surface area contributed by atoms with Gasteiger partial charge in [0.2, 0.25) is 6.79 Å². The van der Waals surface area contributed by atoms with E-state index in [1.165, 1.54) is 0 Å². The van der Waals surface area contributed by atoms with E-state index in [0.717, 1.165) is 0 Å². The van der Waals surface area contributed by atoms with Gasteiger partial charge in [-0.1, -0.05) is 0 Å². The SMILES string of the molecule is CC(C#N)CC(=O)c1ccc2c(c1)OCO2. The van der Waals surface area contributed by atoms with Crippen LogP contribution in [0.4, 0.5) is 0 Å². The highest BCUT2D eigenvalue weighted by Crippen LogP contribution is 2.32. The molecule has 0 bridgehead atoms.